The number of fused-ring (bicyclic) bond motifs is 3. The van der Waals surface area contributed by atoms with Gasteiger partial charge in [-0.1, -0.05) is 71.7 Å². The second-order valence-corrected chi connectivity index (χ2v) is 7.38. The second-order valence-electron chi connectivity index (χ2n) is 6.54. The molecule has 5 rings (SSSR count). The van der Waals surface area contributed by atoms with Gasteiger partial charge in [0.25, 0.3) is 5.78 Å². The van der Waals surface area contributed by atoms with Gasteiger partial charge in [-0.05, 0) is 42.0 Å². The molecule has 0 aliphatic carbocycles. The van der Waals surface area contributed by atoms with Gasteiger partial charge in [-0.25, -0.2) is 4.98 Å². The molecule has 0 N–H and O–H groups in total. The molecule has 140 valence electrons. The van der Waals surface area contributed by atoms with Crippen molar-refractivity contribution >= 4 is 52.0 Å². The number of benzene rings is 3. The summed E-state index contributed by atoms with van der Waals surface area (Å²) in [6, 6.07) is 23.4. The predicted molar refractivity (Wildman–Crippen MR) is 119 cm³/mol. The summed E-state index contributed by atoms with van der Waals surface area (Å²) < 4.78 is 1.92. The van der Waals surface area contributed by atoms with Gasteiger partial charge in [0.05, 0.1) is 11.2 Å². The number of nitrogens with zero attached hydrogens (tertiary/aromatic N) is 4. The van der Waals surface area contributed by atoms with Gasteiger partial charge in [-0.15, -0.1) is 10.2 Å². The van der Waals surface area contributed by atoms with E-state index in [1.807, 2.05) is 89.3 Å². The van der Waals surface area contributed by atoms with Gasteiger partial charge in [0.1, 0.15) is 0 Å². The van der Waals surface area contributed by atoms with E-state index < -0.39 is 0 Å². The van der Waals surface area contributed by atoms with Crippen LogP contribution in [0.25, 0.3) is 40.1 Å². The highest BCUT2D eigenvalue weighted by molar-refractivity contribution is 6.32. The van der Waals surface area contributed by atoms with Crippen LogP contribution in [0.2, 0.25) is 10.0 Å². The summed E-state index contributed by atoms with van der Waals surface area (Å²) in [7, 11) is 0. The Morgan fingerprint density at radius 3 is 2.41 bits per heavy atom. The minimum Gasteiger partial charge on any atom is -0.259 e. The van der Waals surface area contributed by atoms with Crippen molar-refractivity contribution in [3.63, 3.8) is 0 Å². The van der Waals surface area contributed by atoms with E-state index in [1.165, 1.54) is 0 Å². The number of rotatable bonds is 3. The molecule has 29 heavy (non-hydrogen) atoms. The molecule has 0 atom stereocenters. The lowest BCUT2D eigenvalue weighted by molar-refractivity contribution is 1.08. The summed E-state index contributed by atoms with van der Waals surface area (Å²) in [5.74, 6) is 1.19. The minimum absolute atomic E-state index is 0.525. The minimum atomic E-state index is 0.525. The fraction of sp³-hybridized carbons (Fsp3) is 0. The quantitative estimate of drug-likeness (QED) is 0.340. The van der Waals surface area contributed by atoms with Crippen molar-refractivity contribution in [2.75, 3.05) is 0 Å². The van der Waals surface area contributed by atoms with Crippen LogP contribution in [0.1, 0.15) is 11.4 Å². The Kier molecular flexibility index (Phi) is 4.51. The first-order valence-electron chi connectivity index (χ1n) is 9.03. The molecule has 5 aromatic rings. The van der Waals surface area contributed by atoms with Gasteiger partial charge < -0.3 is 0 Å². The normalized spacial score (nSPS) is 11.7. The standard InChI is InChI=1S/C23H14Cl2N4/c24-17-11-12-20-18(14-17)22(16-7-2-1-3-8-16)26-23-28-27-21(29(20)23)13-10-15-6-4-5-9-19(15)25/h1-14H/b13-10+. The molecule has 0 saturated heterocycles. The average molecular weight is 417 g/mol. The third-order valence-corrected chi connectivity index (χ3v) is 5.28. The molecule has 0 aliphatic rings. The van der Waals surface area contributed by atoms with Crippen molar-refractivity contribution in [3.05, 3.63) is 94.2 Å². The van der Waals surface area contributed by atoms with Crippen LogP contribution in [-0.2, 0) is 0 Å². The van der Waals surface area contributed by atoms with Gasteiger partial charge in [0, 0.05) is 21.0 Å². The molecular weight excluding hydrogens is 403 g/mol. The monoisotopic (exact) mass is 416 g/mol. The van der Waals surface area contributed by atoms with E-state index in [0.29, 0.717) is 21.6 Å². The molecule has 4 nitrogen and oxygen atoms in total. The Bertz CT molecular complexity index is 1370. The second kappa shape index (κ2) is 7.32. The molecule has 0 radical (unpaired) electrons. The van der Waals surface area contributed by atoms with Crippen LogP contribution in [0, 0.1) is 0 Å². The summed E-state index contributed by atoms with van der Waals surface area (Å²) in [4.78, 5) is 4.78. The van der Waals surface area contributed by atoms with E-state index in [9.17, 15) is 0 Å². The molecule has 0 fully saturated rings. The Morgan fingerprint density at radius 2 is 1.59 bits per heavy atom. The first kappa shape index (κ1) is 17.9. The average Bonchev–Trinajstić information content (AvgIpc) is 3.16. The Labute approximate surface area is 177 Å². The maximum absolute atomic E-state index is 6.30. The van der Waals surface area contributed by atoms with Crippen LogP contribution in [0.3, 0.4) is 0 Å². The maximum atomic E-state index is 6.30. The van der Waals surface area contributed by atoms with E-state index >= 15 is 0 Å². The SMILES string of the molecule is Clc1ccc2c(c1)c(-c1ccccc1)nc1nnc(/C=C/c3ccccc3Cl)n12. The zero-order valence-corrected chi connectivity index (χ0v) is 16.6. The molecule has 2 heterocycles. The highest BCUT2D eigenvalue weighted by atomic mass is 35.5. The van der Waals surface area contributed by atoms with E-state index in [4.69, 9.17) is 28.2 Å². The molecule has 3 aromatic carbocycles. The Balaban J connectivity index is 1.75. The van der Waals surface area contributed by atoms with Crippen LogP contribution >= 0.6 is 23.2 Å². The van der Waals surface area contributed by atoms with Gasteiger partial charge in [0.15, 0.2) is 5.82 Å². The lowest BCUT2D eigenvalue weighted by atomic mass is 10.1. The van der Waals surface area contributed by atoms with Crippen molar-refractivity contribution in [1.29, 1.82) is 0 Å². The number of hydrogen-bond acceptors (Lipinski definition) is 3. The van der Waals surface area contributed by atoms with E-state index in [2.05, 4.69) is 10.2 Å². The van der Waals surface area contributed by atoms with E-state index in [1.54, 1.807) is 0 Å². The van der Waals surface area contributed by atoms with Gasteiger partial charge in [0.2, 0.25) is 0 Å². The first-order valence-corrected chi connectivity index (χ1v) is 9.79. The third kappa shape index (κ3) is 3.27. The summed E-state index contributed by atoms with van der Waals surface area (Å²) in [5.41, 5.74) is 3.66. The highest BCUT2D eigenvalue weighted by Crippen LogP contribution is 2.30. The van der Waals surface area contributed by atoms with Crippen molar-refractivity contribution < 1.29 is 0 Å². The Hall–Kier alpha value is -3.21. The molecule has 0 bridgehead atoms. The molecule has 0 saturated carbocycles. The summed E-state index contributed by atoms with van der Waals surface area (Å²) in [5, 5.41) is 10.9. The fourth-order valence-corrected chi connectivity index (χ4v) is 3.71. The molecule has 6 heteroatoms. The van der Waals surface area contributed by atoms with Crippen LogP contribution < -0.4 is 0 Å². The number of halogens is 2. The number of hydrogen-bond donors (Lipinski definition) is 0. The van der Waals surface area contributed by atoms with Crippen LogP contribution in [0.5, 0.6) is 0 Å². The van der Waals surface area contributed by atoms with Crippen LogP contribution in [-0.4, -0.2) is 19.6 Å². The van der Waals surface area contributed by atoms with Crippen molar-refractivity contribution in [2.45, 2.75) is 0 Å². The van der Waals surface area contributed by atoms with Gasteiger partial charge >= 0.3 is 0 Å². The predicted octanol–water partition coefficient (Wildman–Crippen LogP) is 6.42. The lowest BCUT2D eigenvalue weighted by Gasteiger charge is -2.09. The molecule has 0 aliphatic heterocycles. The van der Waals surface area contributed by atoms with Crippen LogP contribution in [0.15, 0.2) is 72.8 Å². The topological polar surface area (TPSA) is 43.1 Å². The summed E-state index contributed by atoms with van der Waals surface area (Å²) in [6.07, 6.45) is 3.81. The van der Waals surface area contributed by atoms with Crippen molar-refractivity contribution in [3.8, 4) is 11.3 Å². The molecule has 0 amide bonds. The van der Waals surface area contributed by atoms with Crippen molar-refractivity contribution in [2.24, 2.45) is 0 Å². The summed E-state index contributed by atoms with van der Waals surface area (Å²) >= 11 is 12.6. The van der Waals surface area contributed by atoms with Gasteiger partial charge in [-0.3, -0.25) is 4.40 Å². The van der Waals surface area contributed by atoms with Gasteiger partial charge in [-0.2, -0.15) is 0 Å². The molecular formula is C23H14Cl2N4. The largest absolute Gasteiger partial charge is 0.259 e. The Morgan fingerprint density at radius 1 is 0.793 bits per heavy atom. The summed E-state index contributed by atoms with van der Waals surface area (Å²) in [6.45, 7) is 0. The van der Waals surface area contributed by atoms with E-state index in [-0.39, 0.29) is 0 Å². The van der Waals surface area contributed by atoms with Crippen molar-refractivity contribution in [1.82, 2.24) is 19.6 Å². The fourth-order valence-electron chi connectivity index (χ4n) is 3.34. The van der Waals surface area contributed by atoms with Crippen LogP contribution in [0.4, 0.5) is 0 Å². The number of aromatic nitrogens is 4. The first-order chi connectivity index (χ1) is 14.2. The highest BCUT2D eigenvalue weighted by Gasteiger charge is 2.14. The lowest BCUT2D eigenvalue weighted by Crippen LogP contribution is -1.97. The molecule has 0 unspecified atom stereocenters. The zero-order chi connectivity index (χ0) is 19.8. The smallest absolute Gasteiger partial charge is 0.256 e. The molecule has 2 aromatic heterocycles. The maximum Gasteiger partial charge on any atom is 0.256 e. The third-order valence-electron chi connectivity index (χ3n) is 4.70. The molecule has 0 spiro atoms. The zero-order valence-electron chi connectivity index (χ0n) is 15.1. The van der Waals surface area contributed by atoms with E-state index in [0.717, 1.165) is 27.7 Å².